The minimum Gasteiger partial charge on any atom is -0.508 e. The first-order valence-electron chi connectivity index (χ1n) is 16.7. The Labute approximate surface area is 285 Å². The zero-order chi connectivity index (χ0) is 35.0. The fraction of sp³-hybridized carbons (Fsp3) is 0.421. The van der Waals surface area contributed by atoms with E-state index in [-0.39, 0.29) is 62.9 Å². The third-order valence-corrected chi connectivity index (χ3v) is 10.3. The number of terminal acetylenes is 1. The molecule has 2 fully saturated rings. The molecule has 0 aliphatic carbocycles. The van der Waals surface area contributed by atoms with Crippen molar-refractivity contribution in [3.8, 4) is 35.4 Å². The number of likely N-dealkylation sites (N-methyl/N-ethyl adjacent to an activating group) is 2. The maximum absolute atomic E-state index is 17.0. The lowest BCUT2D eigenvalue weighted by Gasteiger charge is -2.40. The summed E-state index contributed by atoms with van der Waals surface area (Å²) in [6, 6.07) is 5.43. The van der Waals surface area contributed by atoms with E-state index in [0.29, 0.717) is 36.3 Å². The SMILES string of the molecule is C#Cc1c(F)ccc2cc(O)cc(-c3ncc4c(N5CCCC(C)(C)C(N(C)C(=O)C=C)C5)nc(OC[C@H]5CCCCN5C)nc4c3F)c12. The van der Waals surface area contributed by atoms with E-state index in [0.717, 1.165) is 38.6 Å². The zero-order valence-corrected chi connectivity index (χ0v) is 28.5. The van der Waals surface area contributed by atoms with Gasteiger partial charge in [0, 0.05) is 43.3 Å². The van der Waals surface area contributed by atoms with Gasteiger partial charge in [0.05, 0.1) is 17.0 Å². The average Bonchev–Trinajstić information content (AvgIpc) is 3.24. The molecule has 6 rings (SSSR count). The molecule has 0 saturated carbocycles. The van der Waals surface area contributed by atoms with E-state index in [1.807, 2.05) is 4.90 Å². The second kappa shape index (κ2) is 13.6. The van der Waals surface area contributed by atoms with Crippen molar-refractivity contribution in [2.75, 3.05) is 45.2 Å². The van der Waals surface area contributed by atoms with Gasteiger partial charge < -0.3 is 24.5 Å². The van der Waals surface area contributed by atoms with Gasteiger partial charge >= 0.3 is 6.01 Å². The number of piperidine rings is 1. The molecule has 2 saturated heterocycles. The molecular weight excluding hydrogens is 626 g/mol. The number of phenols is 1. The van der Waals surface area contributed by atoms with Crippen LogP contribution in [0.5, 0.6) is 11.8 Å². The van der Waals surface area contributed by atoms with E-state index in [4.69, 9.17) is 16.1 Å². The fourth-order valence-corrected chi connectivity index (χ4v) is 7.37. The van der Waals surface area contributed by atoms with Crippen LogP contribution in [0.2, 0.25) is 0 Å². The van der Waals surface area contributed by atoms with Gasteiger partial charge in [-0.3, -0.25) is 9.78 Å². The van der Waals surface area contributed by atoms with Gasteiger partial charge in [-0.2, -0.15) is 9.97 Å². The largest absolute Gasteiger partial charge is 0.508 e. The molecular formula is C38H42F2N6O3. The summed E-state index contributed by atoms with van der Waals surface area (Å²) in [5.74, 6) is 1.04. The third kappa shape index (κ3) is 6.49. The number of anilines is 1. The van der Waals surface area contributed by atoms with Gasteiger partial charge in [-0.1, -0.05) is 38.8 Å². The monoisotopic (exact) mass is 668 g/mol. The second-order valence-electron chi connectivity index (χ2n) is 13.8. The number of hydrogen-bond donors (Lipinski definition) is 1. The number of rotatable bonds is 7. The number of pyridine rings is 1. The first-order valence-corrected chi connectivity index (χ1v) is 16.7. The molecule has 0 radical (unpaired) electrons. The van der Waals surface area contributed by atoms with Crippen LogP contribution in [0.3, 0.4) is 0 Å². The predicted molar refractivity (Wildman–Crippen MR) is 188 cm³/mol. The Morgan fingerprint density at radius 1 is 1.22 bits per heavy atom. The van der Waals surface area contributed by atoms with E-state index in [2.05, 4.69) is 48.3 Å². The van der Waals surface area contributed by atoms with Crippen LogP contribution in [0.15, 0.2) is 43.1 Å². The molecule has 256 valence electrons. The normalized spacial score (nSPS) is 19.7. The number of benzene rings is 2. The predicted octanol–water partition coefficient (Wildman–Crippen LogP) is 6.31. The molecule has 4 aromatic rings. The highest BCUT2D eigenvalue weighted by molar-refractivity contribution is 6.03. The number of phenolic OH excluding ortho intramolecular Hbond substituents is 1. The summed E-state index contributed by atoms with van der Waals surface area (Å²) in [5, 5.41) is 11.6. The summed E-state index contributed by atoms with van der Waals surface area (Å²) in [6.45, 7) is 10.3. The fourth-order valence-electron chi connectivity index (χ4n) is 7.37. The molecule has 1 N–H and O–H groups in total. The molecule has 1 amide bonds. The molecule has 11 heteroatoms. The first kappa shape index (κ1) is 34.1. The quantitative estimate of drug-likeness (QED) is 0.181. The van der Waals surface area contributed by atoms with Crippen LogP contribution in [0.1, 0.15) is 51.5 Å². The second-order valence-corrected chi connectivity index (χ2v) is 13.8. The Bertz CT molecular complexity index is 1980. The van der Waals surface area contributed by atoms with Gasteiger partial charge in [0.2, 0.25) is 5.91 Å². The number of ether oxygens (including phenoxy) is 1. The highest BCUT2D eigenvalue weighted by Crippen LogP contribution is 2.40. The van der Waals surface area contributed by atoms with Crippen molar-refractivity contribution in [2.45, 2.75) is 58.0 Å². The smallest absolute Gasteiger partial charge is 0.319 e. The van der Waals surface area contributed by atoms with E-state index in [1.165, 1.54) is 36.5 Å². The van der Waals surface area contributed by atoms with Crippen LogP contribution in [0, 0.1) is 29.4 Å². The minimum absolute atomic E-state index is 0.0178. The third-order valence-electron chi connectivity index (χ3n) is 10.3. The number of amides is 1. The Morgan fingerprint density at radius 3 is 2.76 bits per heavy atom. The lowest BCUT2D eigenvalue weighted by atomic mass is 9.80. The van der Waals surface area contributed by atoms with E-state index in [1.54, 1.807) is 11.9 Å². The molecule has 2 aromatic carbocycles. The molecule has 0 spiro atoms. The molecule has 2 aromatic heterocycles. The van der Waals surface area contributed by atoms with Gasteiger partial charge in [0.25, 0.3) is 0 Å². The Kier molecular flexibility index (Phi) is 9.45. The lowest BCUT2D eigenvalue weighted by Crippen LogP contribution is -2.50. The molecule has 2 aliphatic heterocycles. The van der Waals surface area contributed by atoms with Crippen LogP contribution in [0.4, 0.5) is 14.6 Å². The number of nitrogens with zero attached hydrogens (tertiary/aromatic N) is 6. The number of aromatic nitrogens is 3. The van der Waals surface area contributed by atoms with Gasteiger partial charge in [-0.25, -0.2) is 8.78 Å². The van der Waals surface area contributed by atoms with Crippen molar-refractivity contribution in [1.82, 2.24) is 24.8 Å². The Balaban J connectivity index is 1.52. The topological polar surface area (TPSA) is 94.9 Å². The van der Waals surface area contributed by atoms with E-state index < -0.39 is 11.6 Å². The Morgan fingerprint density at radius 2 is 2.02 bits per heavy atom. The van der Waals surface area contributed by atoms with Crippen molar-refractivity contribution in [3.63, 3.8) is 0 Å². The van der Waals surface area contributed by atoms with Gasteiger partial charge in [-0.15, -0.1) is 6.42 Å². The summed E-state index contributed by atoms with van der Waals surface area (Å²) in [4.78, 5) is 32.8. The van der Waals surface area contributed by atoms with E-state index >= 15 is 4.39 Å². The van der Waals surface area contributed by atoms with Crippen molar-refractivity contribution in [2.24, 2.45) is 5.41 Å². The Hall–Kier alpha value is -4.82. The number of halogens is 2. The van der Waals surface area contributed by atoms with E-state index in [9.17, 15) is 14.3 Å². The summed E-state index contributed by atoms with van der Waals surface area (Å²) in [5.41, 5.74) is -0.340. The van der Waals surface area contributed by atoms with Crippen molar-refractivity contribution in [3.05, 3.63) is 60.3 Å². The van der Waals surface area contributed by atoms with Crippen molar-refractivity contribution in [1.29, 1.82) is 0 Å². The van der Waals surface area contributed by atoms with Crippen LogP contribution in [-0.4, -0.2) is 88.2 Å². The number of fused-ring (bicyclic) bond motifs is 2. The van der Waals surface area contributed by atoms with Crippen LogP contribution < -0.4 is 9.64 Å². The van der Waals surface area contributed by atoms with Crippen LogP contribution >= 0.6 is 0 Å². The highest BCUT2D eigenvalue weighted by Gasteiger charge is 2.38. The summed E-state index contributed by atoms with van der Waals surface area (Å²) < 4.78 is 38.1. The molecule has 9 nitrogen and oxygen atoms in total. The summed E-state index contributed by atoms with van der Waals surface area (Å²) in [6.07, 6.45) is 13.3. The number of carbonyl (C=O) groups excluding carboxylic acids is 1. The first-order chi connectivity index (χ1) is 23.4. The molecule has 0 bridgehead atoms. The number of aromatic hydroxyl groups is 1. The molecule has 2 aliphatic rings. The number of carbonyl (C=O) groups is 1. The molecule has 49 heavy (non-hydrogen) atoms. The minimum atomic E-state index is -0.787. The lowest BCUT2D eigenvalue weighted by molar-refractivity contribution is -0.128. The molecule has 4 heterocycles. The number of hydrogen-bond acceptors (Lipinski definition) is 8. The van der Waals surface area contributed by atoms with Gasteiger partial charge in [-0.05, 0) is 74.4 Å². The van der Waals surface area contributed by atoms with Gasteiger partial charge in [0.1, 0.15) is 35.2 Å². The van der Waals surface area contributed by atoms with Gasteiger partial charge in [0.15, 0.2) is 5.82 Å². The van der Waals surface area contributed by atoms with Crippen LogP contribution in [0.25, 0.3) is 32.9 Å². The average molecular weight is 669 g/mol. The zero-order valence-electron chi connectivity index (χ0n) is 28.5. The molecule has 1 unspecified atom stereocenters. The summed E-state index contributed by atoms with van der Waals surface area (Å²) >= 11 is 0. The van der Waals surface area contributed by atoms with Crippen LogP contribution in [-0.2, 0) is 4.79 Å². The standard InChI is InChI=1S/C38H42F2N6O3/c1-7-26-29(39)14-13-23-18-25(47)19-27(32(23)26)34-33(40)35-28(20-41-34)36(43-37(42-35)49-22-24-12-9-10-16-44(24)5)46-17-11-15-38(3,4)30(21-46)45(6)31(48)8-2/h1,8,13-14,18-20,24,30,47H,2,9-12,15-17,21-22H2,3-6H3/t24-,30?/m1/s1. The summed E-state index contributed by atoms with van der Waals surface area (Å²) in [7, 11) is 3.83. The molecule has 2 atom stereocenters. The highest BCUT2D eigenvalue weighted by atomic mass is 19.1. The van der Waals surface area contributed by atoms with Crippen molar-refractivity contribution < 1.29 is 23.4 Å². The maximum Gasteiger partial charge on any atom is 0.319 e. The van der Waals surface area contributed by atoms with Crippen molar-refractivity contribution >= 4 is 33.4 Å². The maximum atomic E-state index is 17.0. The number of likely N-dealkylation sites (tertiary alicyclic amines) is 1.